The van der Waals surface area contributed by atoms with Crippen molar-refractivity contribution in [1.82, 2.24) is 5.32 Å². The van der Waals surface area contributed by atoms with Crippen LogP contribution >= 0.6 is 0 Å². The molecule has 3 aliphatic rings. The highest BCUT2D eigenvalue weighted by Crippen LogP contribution is 2.33. The summed E-state index contributed by atoms with van der Waals surface area (Å²) in [6, 6.07) is -1.03. The first kappa shape index (κ1) is 103. The Hall–Kier alpha value is -5.11. The van der Waals surface area contributed by atoms with Gasteiger partial charge in [0.2, 0.25) is 5.91 Å². The average molecular weight is 1600 g/mol. The summed E-state index contributed by atoms with van der Waals surface area (Å²) >= 11 is 0. The lowest BCUT2D eigenvalue weighted by Gasteiger charge is -2.48. The zero-order valence-corrected chi connectivity index (χ0v) is 69.7. The topological polar surface area (TPSA) is 307 Å². The van der Waals surface area contributed by atoms with E-state index in [4.69, 9.17) is 28.4 Å². The molecule has 648 valence electrons. The second kappa shape index (κ2) is 72.0. The Bertz CT molecular complexity index is 2780. The summed E-state index contributed by atoms with van der Waals surface area (Å²) in [7, 11) is 0. The van der Waals surface area contributed by atoms with Crippen LogP contribution in [-0.4, -0.2) is 193 Å². The van der Waals surface area contributed by atoms with Crippen LogP contribution in [-0.2, 0) is 33.2 Å². The first-order valence-corrected chi connectivity index (χ1v) is 44.0. The summed E-state index contributed by atoms with van der Waals surface area (Å²) in [6.45, 7) is 1.58. The fourth-order valence-electron chi connectivity index (χ4n) is 13.4. The minimum absolute atomic E-state index is 0.190. The zero-order valence-electron chi connectivity index (χ0n) is 69.7. The highest BCUT2D eigenvalue weighted by atomic mass is 16.8. The Morgan fingerprint density at radius 3 is 0.982 bits per heavy atom. The Morgan fingerprint density at radius 2 is 0.614 bits per heavy atom. The maximum atomic E-state index is 13.5. The largest absolute Gasteiger partial charge is 0.394 e. The summed E-state index contributed by atoms with van der Waals surface area (Å²) < 4.78 is 34.4. The van der Waals surface area contributed by atoms with Crippen LogP contribution in [0.25, 0.3) is 0 Å². The molecule has 0 spiro atoms. The third-order valence-electron chi connectivity index (χ3n) is 20.4. The van der Waals surface area contributed by atoms with Crippen LogP contribution in [0.2, 0.25) is 0 Å². The first-order valence-electron chi connectivity index (χ1n) is 44.0. The summed E-state index contributed by atoms with van der Waals surface area (Å²) in [5.41, 5.74) is 0. The minimum Gasteiger partial charge on any atom is -0.394 e. The highest BCUT2D eigenvalue weighted by molar-refractivity contribution is 5.76. The predicted octanol–water partition coefficient (Wildman–Crippen LogP) is 16.7. The Kier molecular flexibility index (Phi) is 65.1. The lowest BCUT2D eigenvalue weighted by Crippen LogP contribution is -2.66. The molecule has 3 rings (SSSR count). The maximum Gasteiger partial charge on any atom is 0.220 e. The van der Waals surface area contributed by atoms with Crippen molar-refractivity contribution in [1.29, 1.82) is 0 Å². The van der Waals surface area contributed by atoms with Gasteiger partial charge in [0.1, 0.15) is 73.2 Å². The van der Waals surface area contributed by atoms with E-state index in [9.17, 15) is 61.0 Å². The summed E-state index contributed by atoms with van der Waals surface area (Å²) in [5.74, 6) is -0.320. The van der Waals surface area contributed by atoms with Gasteiger partial charge in [-0.25, -0.2) is 0 Å². The van der Waals surface area contributed by atoms with Gasteiger partial charge in [-0.1, -0.05) is 318 Å². The molecular weight excluding hydrogens is 1440 g/mol. The first-order chi connectivity index (χ1) is 55.8. The van der Waals surface area contributed by atoms with E-state index in [1.54, 1.807) is 6.08 Å². The molecule has 0 aliphatic carbocycles. The Labute approximate surface area is 687 Å². The molecule has 0 saturated carbocycles. The number of allylic oxidation sites excluding steroid dienone is 29. The van der Waals surface area contributed by atoms with Gasteiger partial charge in [-0.3, -0.25) is 4.79 Å². The smallest absolute Gasteiger partial charge is 0.220 e. The highest BCUT2D eigenvalue weighted by Gasteiger charge is 2.54. The van der Waals surface area contributed by atoms with Crippen LogP contribution in [0.3, 0.4) is 0 Å². The van der Waals surface area contributed by atoms with Crippen LogP contribution in [0, 0.1) is 0 Å². The molecular formula is C95H155NO18. The van der Waals surface area contributed by atoms with Crippen LogP contribution in [0.1, 0.15) is 277 Å². The van der Waals surface area contributed by atoms with Crippen molar-refractivity contribution >= 4 is 5.91 Å². The van der Waals surface area contributed by atoms with Gasteiger partial charge in [0.25, 0.3) is 0 Å². The molecule has 3 saturated heterocycles. The van der Waals surface area contributed by atoms with E-state index in [1.807, 2.05) is 6.08 Å². The van der Waals surface area contributed by atoms with Gasteiger partial charge in [-0.05, 0) is 135 Å². The molecule has 17 atom stereocenters. The van der Waals surface area contributed by atoms with Crippen LogP contribution < -0.4 is 5.32 Å². The van der Waals surface area contributed by atoms with Crippen molar-refractivity contribution in [2.45, 2.75) is 381 Å². The fraction of sp³-hybridized carbons (Fsp3) is 0.674. The van der Waals surface area contributed by atoms with Crippen LogP contribution in [0.15, 0.2) is 182 Å². The number of hydrogen-bond acceptors (Lipinski definition) is 18. The molecule has 0 radical (unpaired) electrons. The van der Waals surface area contributed by atoms with Crippen LogP contribution in [0.4, 0.5) is 0 Å². The number of carbonyl (C=O) groups is 1. The third kappa shape index (κ3) is 50.0. The second-order valence-electron chi connectivity index (χ2n) is 30.2. The van der Waals surface area contributed by atoms with Crippen molar-refractivity contribution < 1.29 is 89.4 Å². The molecule has 3 aliphatic heterocycles. The number of aliphatic hydroxyl groups is 11. The van der Waals surface area contributed by atoms with Crippen molar-refractivity contribution in [3.05, 3.63) is 182 Å². The lowest BCUT2D eigenvalue weighted by molar-refractivity contribution is -0.379. The van der Waals surface area contributed by atoms with Crippen molar-refractivity contribution in [2.75, 3.05) is 26.4 Å². The van der Waals surface area contributed by atoms with E-state index in [1.165, 1.54) is 116 Å². The Morgan fingerprint density at radius 1 is 0.325 bits per heavy atom. The molecule has 114 heavy (non-hydrogen) atoms. The number of rotatable bonds is 68. The van der Waals surface area contributed by atoms with E-state index in [0.717, 1.165) is 128 Å². The van der Waals surface area contributed by atoms with Gasteiger partial charge in [-0.2, -0.15) is 0 Å². The van der Waals surface area contributed by atoms with E-state index >= 15 is 0 Å². The molecule has 3 heterocycles. The van der Waals surface area contributed by atoms with Crippen LogP contribution in [0.5, 0.6) is 0 Å². The Balaban J connectivity index is 1.38. The van der Waals surface area contributed by atoms with Gasteiger partial charge >= 0.3 is 0 Å². The quantitative estimate of drug-likeness (QED) is 0.0199. The molecule has 3 fully saturated rings. The van der Waals surface area contributed by atoms with Gasteiger partial charge in [0.05, 0.1) is 38.6 Å². The fourth-order valence-corrected chi connectivity index (χ4v) is 13.4. The average Bonchev–Trinajstić information content (AvgIpc) is 0.782. The number of aliphatic hydroxyl groups excluding tert-OH is 11. The summed E-state index contributed by atoms with van der Waals surface area (Å²) in [4.78, 5) is 13.5. The normalized spacial score (nSPS) is 25.6. The molecule has 19 heteroatoms. The number of ether oxygens (including phenoxy) is 6. The molecule has 12 N–H and O–H groups in total. The van der Waals surface area contributed by atoms with E-state index in [0.29, 0.717) is 12.8 Å². The zero-order chi connectivity index (χ0) is 82.4. The number of unbranched alkanes of at least 4 members (excludes halogenated alkanes) is 24. The van der Waals surface area contributed by atoms with Crippen molar-refractivity contribution in [2.24, 2.45) is 0 Å². The monoisotopic (exact) mass is 1600 g/mol. The molecule has 19 nitrogen and oxygen atoms in total. The minimum atomic E-state index is -2.00. The molecule has 0 aromatic carbocycles. The molecule has 17 unspecified atom stereocenters. The molecule has 1 amide bonds. The summed E-state index contributed by atoms with van der Waals surface area (Å²) in [5, 5.41) is 121. The van der Waals surface area contributed by atoms with Crippen molar-refractivity contribution in [3.8, 4) is 0 Å². The number of nitrogens with one attached hydrogen (secondary N) is 1. The van der Waals surface area contributed by atoms with E-state index in [-0.39, 0.29) is 12.3 Å². The standard InChI is InChI=1S/C95H155NO18/c1-3-5-7-9-11-13-15-17-19-21-23-25-27-29-31-33-34-35-36-37-38-39-40-41-42-43-44-45-47-49-51-53-55-57-59-61-63-65-67-69-71-73-83(101)96-78(79(100)72-70-68-66-64-62-60-58-56-54-52-50-48-46-32-30-28-26-24-22-20-18-16-14-12-10-8-6-4-2)77-109-93-89(107)86(104)91(81(75-98)111-93)114-95-90(108)87(105)92(82(76-99)112-95)113-94-88(106)85(103)84(102)80(74-97)110-94/h5,7,11,13,17,19,23,25,29,31,34-35,37-38,40-41,43-44,47,49,53-56,59,61-62,64,70,72,78-82,84-95,97-100,102-108H,3-4,6,8-10,12,14-16,18,20-22,24,26-28,30,32-33,36,39,42,45-46,48,50-52,57-58,60,63,65-69,71,73-77H2,1-2H3,(H,96,101)/b7-5-,13-11-,19-17-,25-23-,31-29-,35-34-,38-37-,41-40-,44-43-,49-47-,55-53-,56-54+,61-59-,64-62+,72-70+. The number of amides is 1. The van der Waals surface area contributed by atoms with Gasteiger partial charge in [-0.15, -0.1) is 0 Å². The third-order valence-corrected chi connectivity index (χ3v) is 20.4. The van der Waals surface area contributed by atoms with Gasteiger partial charge in [0, 0.05) is 6.42 Å². The molecule has 0 aromatic heterocycles. The molecule has 0 aromatic rings. The summed E-state index contributed by atoms with van der Waals surface area (Å²) in [6.07, 6.45) is 83.1. The van der Waals surface area contributed by atoms with Gasteiger partial charge < -0.3 is 89.9 Å². The van der Waals surface area contributed by atoms with E-state index in [2.05, 4.69) is 189 Å². The second-order valence-corrected chi connectivity index (χ2v) is 30.2. The van der Waals surface area contributed by atoms with Crippen molar-refractivity contribution in [3.63, 3.8) is 0 Å². The predicted molar refractivity (Wildman–Crippen MR) is 461 cm³/mol. The maximum absolute atomic E-state index is 13.5. The number of hydrogen-bond donors (Lipinski definition) is 12. The van der Waals surface area contributed by atoms with Gasteiger partial charge in [0.15, 0.2) is 18.9 Å². The lowest BCUT2D eigenvalue weighted by atomic mass is 9.96. The SMILES string of the molecule is CC/C=C\C/C=C\C/C=C\C/C=C\C/C=C\C/C=C\C/C=C\C/C=C\C/C=C\C/C=C\C/C=C\C/C=C\CCCCCCC(=O)NC(COC1OC(CO)C(OC2OC(CO)C(OC3OC(CO)C(O)C(O)C3O)C(O)C2O)C(O)C1O)C(O)/C=C/CC/C=C/CC/C=C/CCCCCCCCCCCCCCCCCCCC. The number of carbonyl (C=O) groups excluding carboxylic acids is 1. The van der Waals surface area contributed by atoms with E-state index < -0.39 is 131 Å². The molecule has 0 bridgehead atoms.